The molecule has 3 rings (SSSR count). The number of benzene rings is 2. The van der Waals surface area contributed by atoms with Gasteiger partial charge in [0.1, 0.15) is 0 Å². The number of nitro benzene ring substituents is 1. The van der Waals surface area contributed by atoms with Gasteiger partial charge in [-0.15, -0.1) is 0 Å². The van der Waals surface area contributed by atoms with Crippen molar-refractivity contribution in [2.45, 2.75) is 0 Å². The van der Waals surface area contributed by atoms with Gasteiger partial charge in [0.25, 0.3) is 5.69 Å². The van der Waals surface area contributed by atoms with Gasteiger partial charge in [0.2, 0.25) is 0 Å². The normalized spacial score (nSPS) is 10.7. The fraction of sp³-hybridized carbons (Fsp3) is 0. The molecule has 1 heterocycles. The average molecular weight is 329 g/mol. The van der Waals surface area contributed by atoms with Crippen molar-refractivity contribution >= 4 is 34.2 Å². The molecule has 3 aromatic rings. The number of aromatic carboxylic acids is 1. The molecule has 23 heavy (non-hydrogen) atoms. The summed E-state index contributed by atoms with van der Waals surface area (Å²) in [6.07, 6.45) is 0. The molecule has 1 aromatic heterocycles. The van der Waals surface area contributed by atoms with Crippen LogP contribution in [-0.2, 0) is 0 Å². The number of nitrogens with zero attached hydrogens (tertiary/aromatic N) is 2. The van der Waals surface area contributed by atoms with Crippen molar-refractivity contribution in [3.05, 3.63) is 69.2 Å². The Morgan fingerprint density at radius 2 is 1.83 bits per heavy atom. The van der Waals surface area contributed by atoms with E-state index in [1.165, 1.54) is 24.3 Å². The highest BCUT2D eigenvalue weighted by molar-refractivity contribution is 6.30. The number of carbonyl (C=O) groups is 1. The van der Waals surface area contributed by atoms with Crippen LogP contribution < -0.4 is 0 Å². The van der Waals surface area contributed by atoms with Gasteiger partial charge >= 0.3 is 5.97 Å². The van der Waals surface area contributed by atoms with Crippen molar-refractivity contribution in [3.8, 4) is 11.3 Å². The van der Waals surface area contributed by atoms with Crippen LogP contribution in [0.5, 0.6) is 0 Å². The molecule has 2 aromatic carbocycles. The Labute approximate surface area is 135 Å². The smallest absolute Gasteiger partial charge is 0.336 e. The first-order valence-electron chi connectivity index (χ1n) is 6.54. The summed E-state index contributed by atoms with van der Waals surface area (Å²) in [5.41, 5.74) is 1.32. The van der Waals surface area contributed by atoms with E-state index < -0.39 is 10.9 Å². The minimum atomic E-state index is -1.17. The van der Waals surface area contributed by atoms with Crippen molar-refractivity contribution in [2.24, 2.45) is 0 Å². The van der Waals surface area contributed by atoms with Gasteiger partial charge in [-0.25, -0.2) is 9.78 Å². The first-order valence-corrected chi connectivity index (χ1v) is 6.92. The number of hydrogen-bond acceptors (Lipinski definition) is 4. The van der Waals surface area contributed by atoms with E-state index >= 15 is 0 Å². The van der Waals surface area contributed by atoms with E-state index in [4.69, 9.17) is 11.6 Å². The van der Waals surface area contributed by atoms with Crippen molar-refractivity contribution < 1.29 is 14.8 Å². The average Bonchev–Trinajstić information content (AvgIpc) is 2.53. The summed E-state index contributed by atoms with van der Waals surface area (Å²) in [5.74, 6) is -1.17. The summed E-state index contributed by atoms with van der Waals surface area (Å²) in [7, 11) is 0. The van der Waals surface area contributed by atoms with Crippen LogP contribution in [0, 0.1) is 10.1 Å². The van der Waals surface area contributed by atoms with Gasteiger partial charge in [-0.2, -0.15) is 0 Å². The molecule has 0 fully saturated rings. The molecule has 114 valence electrons. The maximum Gasteiger partial charge on any atom is 0.336 e. The van der Waals surface area contributed by atoms with Crippen molar-refractivity contribution in [2.75, 3.05) is 0 Å². The topological polar surface area (TPSA) is 93.3 Å². The van der Waals surface area contributed by atoms with Gasteiger partial charge in [0, 0.05) is 28.1 Å². The largest absolute Gasteiger partial charge is 0.478 e. The number of fused-ring (bicyclic) bond motifs is 1. The zero-order chi connectivity index (χ0) is 16.6. The number of rotatable bonds is 3. The Morgan fingerprint density at radius 1 is 1.13 bits per heavy atom. The number of halogens is 1. The van der Waals surface area contributed by atoms with Crippen LogP contribution >= 0.6 is 11.6 Å². The number of carboxylic acid groups (broad SMARTS) is 1. The van der Waals surface area contributed by atoms with Gasteiger partial charge < -0.3 is 5.11 Å². The third kappa shape index (κ3) is 2.84. The van der Waals surface area contributed by atoms with Crippen molar-refractivity contribution in [1.29, 1.82) is 0 Å². The molecule has 1 N–H and O–H groups in total. The van der Waals surface area contributed by atoms with E-state index in [-0.39, 0.29) is 16.6 Å². The van der Waals surface area contributed by atoms with Gasteiger partial charge in [-0.1, -0.05) is 23.7 Å². The lowest BCUT2D eigenvalue weighted by molar-refractivity contribution is -0.384. The Kier molecular flexibility index (Phi) is 3.67. The maximum atomic E-state index is 11.5. The Hall–Kier alpha value is -2.99. The fourth-order valence-corrected chi connectivity index (χ4v) is 2.40. The van der Waals surface area contributed by atoms with E-state index in [2.05, 4.69) is 4.98 Å². The lowest BCUT2D eigenvalue weighted by atomic mass is 10.0. The summed E-state index contributed by atoms with van der Waals surface area (Å²) in [6, 6.07) is 12.2. The summed E-state index contributed by atoms with van der Waals surface area (Å²) in [5, 5.41) is 21.1. The molecule has 0 atom stereocenters. The van der Waals surface area contributed by atoms with E-state index in [9.17, 15) is 20.0 Å². The first-order chi connectivity index (χ1) is 11.0. The van der Waals surface area contributed by atoms with Crippen LogP contribution in [0.25, 0.3) is 22.2 Å². The van der Waals surface area contributed by atoms with Gasteiger partial charge in [-0.3, -0.25) is 10.1 Å². The van der Waals surface area contributed by atoms with Gasteiger partial charge in [-0.05, 0) is 24.3 Å². The molecule has 0 aliphatic carbocycles. The number of nitro groups is 1. The van der Waals surface area contributed by atoms with Gasteiger partial charge in [0.05, 0.1) is 21.7 Å². The van der Waals surface area contributed by atoms with Crippen LogP contribution in [0.15, 0.2) is 48.5 Å². The molecule has 0 aliphatic rings. The standard InChI is InChI=1S/C16H9ClN2O4/c17-10-3-1-9(2-4-10)15-8-13(16(20)21)12-7-11(19(22)23)5-6-14(12)18-15/h1-8H,(H,20,21). The molecule has 0 spiro atoms. The number of carboxylic acids is 1. The van der Waals surface area contributed by atoms with Crippen molar-refractivity contribution in [1.82, 2.24) is 4.98 Å². The predicted molar refractivity (Wildman–Crippen MR) is 85.8 cm³/mol. The third-order valence-electron chi connectivity index (χ3n) is 3.37. The number of pyridine rings is 1. The Morgan fingerprint density at radius 3 is 2.43 bits per heavy atom. The fourth-order valence-electron chi connectivity index (χ4n) is 2.27. The monoisotopic (exact) mass is 328 g/mol. The molecular formula is C16H9ClN2O4. The molecule has 0 saturated heterocycles. The molecular weight excluding hydrogens is 320 g/mol. The van der Waals surface area contributed by atoms with E-state index in [0.29, 0.717) is 21.8 Å². The zero-order valence-electron chi connectivity index (χ0n) is 11.6. The van der Waals surface area contributed by atoms with Crippen LogP contribution in [0.3, 0.4) is 0 Å². The first kappa shape index (κ1) is 14.9. The highest BCUT2D eigenvalue weighted by Gasteiger charge is 2.16. The molecule has 0 unspecified atom stereocenters. The second-order valence-electron chi connectivity index (χ2n) is 4.83. The minimum Gasteiger partial charge on any atom is -0.478 e. The van der Waals surface area contributed by atoms with Crippen LogP contribution in [0.4, 0.5) is 5.69 Å². The Balaban J connectivity index is 2.26. The maximum absolute atomic E-state index is 11.5. The lowest BCUT2D eigenvalue weighted by Gasteiger charge is -2.07. The molecule has 0 amide bonds. The molecule has 0 radical (unpaired) electrons. The summed E-state index contributed by atoms with van der Waals surface area (Å²) >= 11 is 5.84. The number of non-ortho nitro benzene ring substituents is 1. The second kappa shape index (κ2) is 5.66. The lowest BCUT2D eigenvalue weighted by Crippen LogP contribution is -2.01. The molecule has 0 saturated carbocycles. The Bertz CT molecular complexity index is 939. The molecule has 0 aliphatic heterocycles. The highest BCUT2D eigenvalue weighted by Crippen LogP contribution is 2.28. The summed E-state index contributed by atoms with van der Waals surface area (Å²) in [4.78, 5) is 26.2. The molecule has 0 bridgehead atoms. The van der Waals surface area contributed by atoms with Crippen molar-refractivity contribution in [3.63, 3.8) is 0 Å². The quantitative estimate of drug-likeness (QED) is 0.575. The van der Waals surface area contributed by atoms with Crippen LogP contribution in [-0.4, -0.2) is 21.0 Å². The third-order valence-corrected chi connectivity index (χ3v) is 3.63. The van der Waals surface area contributed by atoms with E-state index in [0.717, 1.165) is 0 Å². The van der Waals surface area contributed by atoms with E-state index in [1.54, 1.807) is 24.3 Å². The second-order valence-corrected chi connectivity index (χ2v) is 5.26. The SMILES string of the molecule is O=C(O)c1cc(-c2ccc(Cl)cc2)nc2ccc([N+](=O)[O-])cc12. The number of aromatic nitrogens is 1. The predicted octanol–water partition coefficient (Wildman–Crippen LogP) is 4.16. The summed E-state index contributed by atoms with van der Waals surface area (Å²) < 4.78 is 0. The zero-order valence-corrected chi connectivity index (χ0v) is 12.3. The summed E-state index contributed by atoms with van der Waals surface area (Å²) in [6.45, 7) is 0. The molecule has 6 nitrogen and oxygen atoms in total. The van der Waals surface area contributed by atoms with Gasteiger partial charge in [0.15, 0.2) is 0 Å². The molecule has 7 heteroatoms. The van der Waals surface area contributed by atoms with E-state index in [1.807, 2.05) is 0 Å². The number of hydrogen-bond donors (Lipinski definition) is 1. The van der Waals surface area contributed by atoms with Crippen LogP contribution in [0.2, 0.25) is 5.02 Å². The minimum absolute atomic E-state index is 0.0383. The highest BCUT2D eigenvalue weighted by atomic mass is 35.5. The van der Waals surface area contributed by atoms with Crippen LogP contribution in [0.1, 0.15) is 10.4 Å².